The molecule has 0 bridgehead atoms. The zero-order valence-corrected chi connectivity index (χ0v) is 12.6. The second-order valence-corrected chi connectivity index (χ2v) is 5.46. The van der Waals surface area contributed by atoms with E-state index in [4.69, 9.17) is 4.74 Å². The van der Waals surface area contributed by atoms with Gasteiger partial charge in [-0.3, -0.25) is 0 Å². The van der Waals surface area contributed by atoms with Gasteiger partial charge in [0, 0.05) is 10.9 Å². The summed E-state index contributed by atoms with van der Waals surface area (Å²) in [4.78, 5) is 11.4. The molecule has 20 heavy (non-hydrogen) atoms. The summed E-state index contributed by atoms with van der Waals surface area (Å²) in [7, 11) is 0. The first-order valence-corrected chi connectivity index (χ1v) is 7.05. The molecular weight excluding hydrogens is 320 g/mol. The molecule has 3 nitrogen and oxygen atoms in total. The molecule has 0 aliphatic rings. The number of carboxylic acid groups (broad SMARTS) is 1. The van der Waals surface area contributed by atoms with E-state index < -0.39 is 12.1 Å². The topological polar surface area (TPSA) is 46.5 Å². The Bertz CT molecular complexity index is 593. The summed E-state index contributed by atoms with van der Waals surface area (Å²) < 4.78 is 6.60. The number of carbonyl (C=O) groups is 1. The van der Waals surface area contributed by atoms with Crippen molar-refractivity contribution in [2.75, 3.05) is 0 Å². The molecule has 0 radical (unpaired) electrons. The Morgan fingerprint density at radius 3 is 2.45 bits per heavy atom. The molecular formula is C16H15BrO3. The lowest BCUT2D eigenvalue weighted by Crippen LogP contribution is -2.29. The molecule has 0 heterocycles. The number of benzene rings is 2. The predicted octanol–water partition coefficient (Wildman–Crippen LogP) is 3.83. The van der Waals surface area contributed by atoms with E-state index in [9.17, 15) is 9.90 Å². The summed E-state index contributed by atoms with van der Waals surface area (Å²) in [6.07, 6.45) is -0.561. The van der Waals surface area contributed by atoms with Crippen LogP contribution in [-0.4, -0.2) is 17.2 Å². The highest BCUT2D eigenvalue weighted by Gasteiger charge is 2.20. The van der Waals surface area contributed by atoms with E-state index in [1.807, 2.05) is 49.4 Å². The van der Waals surface area contributed by atoms with Crippen LogP contribution < -0.4 is 4.74 Å². The third-order valence-electron chi connectivity index (χ3n) is 2.97. The average Bonchev–Trinajstić information content (AvgIpc) is 2.42. The summed E-state index contributed by atoms with van der Waals surface area (Å²) in [5, 5.41) is 9.31. The fourth-order valence-corrected chi connectivity index (χ4v) is 2.12. The van der Waals surface area contributed by atoms with Crippen LogP contribution in [0.15, 0.2) is 53.0 Å². The number of para-hydroxylation sites is 1. The molecule has 1 atom stereocenters. The molecule has 0 fully saturated rings. The van der Waals surface area contributed by atoms with Crippen LogP contribution in [0.1, 0.15) is 11.1 Å². The molecule has 0 aromatic heterocycles. The summed E-state index contributed by atoms with van der Waals surface area (Å²) in [6, 6.07) is 15.0. The lowest BCUT2D eigenvalue weighted by molar-refractivity contribution is -0.145. The van der Waals surface area contributed by atoms with Gasteiger partial charge < -0.3 is 9.84 Å². The molecule has 4 heteroatoms. The van der Waals surface area contributed by atoms with Gasteiger partial charge in [-0.15, -0.1) is 0 Å². The van der Waals surface area contributed by atoms with Gasteiger partial charge in [-0.2, -0.15) is 0 Å². The van der Waals surface area contributed by atoms with Gasteiger partial charge in [0.05, 0.1) is 0 Å². The minimum Gasteiger partial charge on any atom is -0.478 e. The number of hydrogen-bond donors (Lipinski definition) is 1. The van der Waals surface area contributed by atoms with Gasteiger partial charge in [0.1, 0.15) is 5.75 Å². The van der Waals surface area contributed by atoms with Crippen molar-refractivity contribution in [1.29, 1.82) is 0 Å². The number of ether oxygens (including phenoxy) is 1. The van der Waals surface area contributed by atoms with Gasteiger partial charge in [0.2, 0.25) is 0 Å². The second kappa shape index (κ2) is 6.57. The molecule has 1 N–H and O–H groups in total. The molecule has 2 rings (SSSR count). The maximum Gasteiger partial charge on any atom is 0.345 e. The molecule has 2 aromatic rings. The summed E-state index contributed by atoms with van der Waals surface area (Å²) in [6.45, 7) is 1.90. The van der Waals surface area contributed by atoms with Crippen LogP contribution in [0.5, 0.6) is 5.75 Å². The summed E-state index contributed by atoms with van der Waals surface area (Å²) >= 11 is 3.36. The highest BCUT2D eigenvalue weighted by Crippen LogP contribution is 2.20. The van der Waals surface area contributed by atoms with Crippen LogP contribution in [0, 0.1) is 6.92 Å². The van der Waals surface area contributed by atoms with Crippen LogP contribution in [0.4, 0.5) is 0 Å². The van der Waals surface area contributed by atoms with Gasteiger partial charge in [-0.1, -0.05) is 46.3 Å². The molecule has 0 saturated carbocycles. The Kier molecular flexibility index (Phi) is 4.79. The Morgan fingerprint density at radius 1 is 1.20 bits per heavy atom. The number of halogens is 1. The van der Waals surface area contributed by atoms with E-state index in [2.05, 4.69) is 15.9 Å². The van der Waals surface area contributed by atoms with Crippen molar-refractivity contribution in [2.24, 2.45) is 0 Å². The molecule has 0 saturated heterocycles. The van der Waals surface area contributed by atoms with Gasteiger partial charge in [-0.25, -0.2) is 4.79 Å². The zero-order chi connectivity index (χ0) is 14.5. The molecule has 0 amide bonds. The van der Waals surface area contributed by atoms with Crippen molar-refractivity contribution >= 4 is 21.9 Å². The lowest BCUT2D eigenvalue weighted by Gasteiger charge is -2.16. The average molecular weight is 335 g/mol. The number of carboxylic acids is 1. The molecule has 1 unspecified atom stereocenters. The van der Waals surface area contributed by atoms with Crippen LogP contribution in [0.2, 0.25) is 0 Å². The maximum atomic E-state index is 11.4. The SMILES string of the molecule is Cc1ccccc1OC(Cc1ccc(Br)cc1)C(=O)O. The summed E-state index contributed by atoms with van der Waals surface area (Å²) in [5.41, 5.74) is 1.85. The monoisotopic (exact) mass is 334 g/mol. The number of aliphatic carboxylic acids is 1. The quantitative estimate of drug-likeness (QED) is 0.903. The van der Waals surface area contributed by atoms with Crippen molar-refractivity contribution in [2.45, 2.75) is 19.4 Å². The van der Waals surface area contributed by atoms with E-state index >= 15 is 0 Å². The zero-order valence-electron chi connectivity index (χ0n) is 11.0. The lowest BCUT2D eigenvalue weighted by atomic mass is 10.1. The predicted molar refractivity (Wildman–Crippen MR) is 81.1 cm³/mol. The van der Waals surface area contributed by atoms with Gasteiger partial charge >= 0.3 is 5.97 Å². The van der Waals surface area contributed by atoms with Crippen molar-refractivity contribution in [3.05, 3.63) is 64.1 Å². The summed E-state index contributed by atoms with van der Waals surface area (Å²) in [5.74, 6) is -0.354. The minimum absolute atomic E-state index is 0.330. The number of hydrogen-bond acceptors (Lipinski definition) is 2. The van der Waals surface area contributed by atoms with E-state index in [1.54, 1.807) is 6.07 Å². The van der Waals surface area contributed by atoms with Crippen LogP contribution in [0.25, 0.3) is 0 Å². The standard InChI is InChI=1S/C16H15BrO3/c1-11-4-2-3-5-14(11)20-15(16(18)19)10-12-6-8-13(17)9-7-12/h2-9,15H,10H2,1H3,(H,18,19). The smallest absolute Gasteiger partial charge is 0.345 e. The van der Waals surface area contributed by atoms with Crippen molar-refractivity contribution in [3.8, 4) is 5.75 Å². The molecule has 0 aliphatic carbocycles. The van der Waals surface area contributed by atoms with E-state index in [1.165, 1.54) is 0 Å². The van der Waals surface area contributed by atoms with Gasteiger partial charge in [0.25, 0.3) is 0 Å². The van der Waals surface area contributed by atoms with Gasteiger partial charge in [0.15, 0.2) is 6.10 Å². The van der Waals surface area contributed by atoms with Crippen molar-refractivity contribution in [1.82, 2.24) is 0 Å². The third-order valence-corrected chi connectivity index (χ3v) is 3.50. The highest BCUT2D eigenvalue weighted by molar-refractivity contribution is 9.10. The highest BCUT2D eigenvalue weighted by atomic mass is 79.9. The first kappa shape index (κ1) is 14.6. The van der Waals surface area contributed by atoms with Crippen molar-refractivity contribution in [3.63, 3.8) is 0 Å². The van der Waals surface area contributed by atoms with E-state index in [-0.39, 0.29) is 0 Å². The minimum atomic E-state index is -0.962. The second-order valence-electron chi connectivity index (χ2n) is 4.54. The van der Waals surface area contributed by atoms with Crippen molar-refractivity contribution < 1.29 is 14.6 Å². The largest absolute Gasteiger partial charge is 0.478 e. The normalized spacial score (nSPS) is 11.9. The first-order chi connectivity index (χ1) is 9.56. The molecule has 2 aromatic carbocycles. The van der Waals surface area contributed by atoms with Crippen LogP contribution in [-0.2, 0) is 11.2 Å². The molecule has 104 valence electrons. The number of rotatable bonds is 5. The Hall–Kier alpha value is -1.81. The fraction of sp³-hybridized carbons (Fsp3) is 0.188. The number of aryl methyl sites for hydroxylation is 1. The van der Waals surface area contributed by atoms with Gasteiger partial charge in [-0.05, 0) is 36.2 Å². The van der Waals surface area contributed by atoms with Crippen LogP contribution >= 0.6 is 15.9 Å². The Morgan fingerprint density at radius 2 is 1.85 bits per heavy atom. The Balaban J connectivity index is 2.14. The fourth-order valence-electron chi connectivity index (χ4n) is 1.86. The third kappa shape index (κ3) is 3.84. The first-order valence-electron chi connectivity index (χ1n) is 6.26. The molecule has 0 spiro atoms. The molecule has 0 aliphatic heterocycles. The Labute approximate surface area is 126 Å². The van der Waals surface area contributed by atoms with E-state index in [0.29, 0.717) is 12.2 Å². The van der Waals surface area contributed by atoms with E-state index in [0.717, 1.165) is 15.6 Å². The van der Waals surface area contributed by atoms with Crippen LogP contribution in [0.3, 0.4) is 0 Å². The maximum absolute atomic E-state index is 11.4.